The molecule has 0 spiro atoms. The summed E-state index contributed by atoms with van der Waals surface area (Å²) in [6.45, 7) is 3.95. The molecule has 7 heteroatoms. The van der Waals surface area contributed by atoms with E-state index in [1.807, 2.05) is 26.0 Å². The highest BCUT2D eigenvalue weighted by molar-refractivity contribution is 6.03. The molecule has 0 fully saturated rings. The van der Waals surface area contributed by atoms with E-state index < -0.39 is 11.8 Å². The molecule has 0 aliphatic heterocycles. The highest BCUT2D eigenvalue weighted by atomic mass is 16.5. The van der Waals surface area contributed by atoms with E-state index >= 15 is 0 Å². The fourth-order valence-electron chi connectivity index (χ4n) is 2.40. The molecule has 2 rings (SSSR count). The third kappa shape index (κ3) is 5.57. The largest absolute Gasteiger partial charge is 0.493 e. The number of methoxy groups -OCH3 is 2. The van der Waals surface area contributed by atoms with E-state index in [4.69, 9.17) is 9.47 Å². The summed E-state index contributed by atoms with van der Waals surface area (Å²) in [6.07, 6.45) is 1.10. The number of ether oxygens (including phenoxy) is 2. The molecular weight excluding hydrogens is 346 g/mol. The lowest BCUT2D eigenvalue weighted by Crippen LogP contribution is -2.24. The van der Waals surface area contributed by atoms with Crippen LogP contribution >= 0.6 is 0 Å². The number of benzene rings is 2. The molecule has 27 heavy (non-hydrogen) atoms. The minimum atomic E-state index is -0.519. The van der Waals surface area contributed by atoms with Crippen molar-refractivity contribution in [1.29, 1.82) is 0 Å². The van der Waals surface area contributed by atoms with Gasteiger partial charge in [0, 0.05) is 11.3 Å². The lowest BCUT2D eigenvalue weighted by molar-refractivity contribution is -0.126. The van der Waals surface area contributed by atoms with Crippen molar-refractivity contribution in [2.75, 3.05) is 19.5 Å². The topological polar surface area (TPSA) is 89.0 Å². The molecule has 0 aliphatic rings. The van der Waals surface area contributed by atoms with Gasteiger partial charge in [-0.3, -0.25) is 9.59 Å². The van der Waals surface area contributed by atoms with Crippen LogP contribution in [0.2, 0.25) is 0 Å². The lowest BCUT2D eigenvalue weighted by atomic mass is 10.1. The quantitative estimate of drug-likeness (QED) is 0.446. The Bertz CT molecular complexity index is 862. The van der Waals surface area contributed by atoms with Gasteiger partial charge in [0.15, 0.2) is 11.5 Å². The maximum Gasteiger partial charge on any atom is 0.249 e. The van der Waals surface area contributed by atoms with E-state index in [1.54, 1.807) is 24.3 Å². The van der Waals surface area contributed by atoms with Gasteiger partial charge in [-0.25, -0.2) is 5.43 Å². The van der Waals surface area contributed by atoms with Crippen molar-refractivity contribution in [1.82, 2.24) is 5.43 Å². The average molecular weight is 369 g/mol. The fourth-order valence-corrected chi connectivity index (χ4v) is 2.40. The lowest BCUT2D eigenvalue weighted by Gasteiger charge is -2.09. The van der Waals surface area contributed by atoms with Crippen LogP contribution in [-0.4, -0.2) is 32.2 Å². The molecule has 2 amide bonds. The summed E-state index contributed by atoms with van der Waals surface area (Å²) in [5, 5.41) is 6.57. The molecule has 0 aromatic heterocycles. The van der Waals surface area contributed by atoms with E-state index in [-0.39, 0.29) is 6.42 Å². The molecule has 2 aromatic rings. The third-order valence-electron chi connectivity index (χ3n) is 3.94. The number of anilines is 1. The first-order valence-electron chi connectivity index (χ1n) is 8.34. The maximum atomic E-state index is 12.0. The minimum absolute atomic E-state index is 0.334. The number of para-hydroxylation sites is 1. The minimum Gasteiger partial charge on any atom is -0.493 e. The molecular formula is C20H23N3O4. The molecule has 2 aromatic carbocycles. The zero-order chi connectivity index (χ0) is 19.8. The number of aryl methyl sites for hydroxylation is 2. The van der Waals surface area contributed by atoms with Crippen LogP contribution < -0.4 is 20.2 Å². The zero-order valence-corrected chi connectivity index (χ0v) is 15.8. The van der Waals surface area contributed by atoms with Crippen LogP contribution in [0.3, 0.4) is 0 Å². The summed E-state index contributed by atoms with van der Waals surface area (Å²) in [7, 11) is 3.06. The Kier molecular flexibility index (Phi) is 6.93. The number of carbonyl (C=O) groups excluding carboxylic acids is 2. The van der Waals surface area contributed by atoms with Crippen LogP contribution in [0.15, 0.2) is 41.5 Å². The van der Waals surface area contributed by atoms with Crippen LogP contribution in [-0.2, 0) is 9.59 Å². The van der Waals surface area contributed by atoms with Gasteiger partial charge >= 0.3 is 0 Å². The van der Waals surface area contributed by atoms with Crippen LogP contribution in [0.1, 0.15) is 23.1 Å². The van der Waals surface area contributed by atoms with Gasteiger partial charge in [0.1, 0.15) is 6.42 Å². The SMILES string of the molecule is COc1cccc(C=NNC(=O)CC(=O)Nc2ccc(C)c(C)c2)c1OC. The van der Waals surface area contributed by atoms with Crippen molar-refractivity contribution in [2.24, 2.45) is 5.10 Å². The van der Waals surface area contributed by atoms with Gasteiger partial charge in [-0.05, 0) is 49.2 Å². The second kappa shape index (κ2) is 9.38. The summed E-state index contributed by atoms with van der Waals surface area (Å²) in [5.74, 6) is 0.130. The molecule has 0 unspecified atom stereocenters. The number of hydrazone groups is 1. The van der Waals surface area contributed by atoms with E-state index in [1.165, 1.54) is 20.4 Å². The number of amides is 2. The molecule has 2 N–H and O–H groups in total. The Hall–Kier alpha value is -3.35. The Morgan fingerprint density at radius 1 is 1.04 bits per heavy atom. The molecule has 0 radical (unpaired) electrons. The summed E-state index contributed by atoms with van der Waals surface area (Å²) in [6, 6.07) is 10.9. The molecule has 0 saturated carbocycles. The van der Waals surface area contributed by atoms with Crippen LogP contribution in [0.25, 0.3) is 0 Å². The third-order valence-corrected chi connectivity index (χ3v) is 3.94. The number of hydrogen-bond donors (Lipinski definition) is 2. The number of nitrogens with zero attached hydrogens (tertiary/aromatic N) is 1. The molecule has 142 valence electrons. The van der Waals surface area contributed by atoms with Crippen LogP contribution in [0.4, 0.5) is 5.69 Å². The van der Waals surface area contributed by atoms with Crippen molar-refractivity contribution >= 4 is 23.7 Å². The number of rotatable bonds is 7. The summed E-state index contributed by atoms with van der Waals surface area (Å²) >= 11 is 0. The van der Waals surface area contributed by atoms with Gasteiger partial charge in [0.25, 0.3) is 0 Å². The fraction of sp³-hybridized carbons (Fsp3) is 0.250. The van der Waals surface area contributed by atoms with Gasteiger partial charge in [-0.15, -0.1) is 0 Å². The molecule has 0 atom stereocenters. The van der Waals surface area contributed by atoms with Crippen LogP contribution in [0.5, 0.6) is 11.5 Å². The second-order valence-corrected chi connectivity index (χ2v) is 5.90. The van der Waals surface area contributed by atoms with E-state index in [9.17, 15) is 9.59 Å². The predicted octanol–water partition coefficient (Wildman–Crippen LogP) is 2.80. The van der Waals surface area contributed by atoms with E-state index in [0.29, 0.717) is 22.7 Å². The van der Waals surface area contributed by atoms with Crippen molar-refractivity contribution < 1.29 is 19.1 Å². The summed E-state index contributed by atoms with van der Waals surface area (Å²) < 4.78 is 10.5. The first-order valence-corrected chi connectivity index (χ1v) is 8.34. The van der Waals surface area contributed by atoms with Gasteiger partial charge in [0.2, 0.25) is 11.8 Å². The Balaban J connectivity index is 1.91. The van der Waals surface area contributed by atoms with Gasteiger partial charge in [-0.1, -0.05) is 12.1 Å². The van der Waals surface area contributed by atoms with Gasteiger partial charge in [0.05, 0.1) is 20.4 Å². The Labute approximate surface area is 158 Å². The smallest absolute Gasteiger partial charge is 0.249 e. The van der Waals surface area contributed by atoms with Crippen LogP contribution in [0, 0.1) is 13.8 Å². The van der Waals surface area contributed by atoms with E-state index in [0.717, 1.165) is 11.1 Å². The summed E-state index contributed by atoms with van der Waals surface area (Å²) in [4.78, 5) is 23.9. The van der Waals surface area contributed by atoms with Gasteiger partial charge < -0.3 is 14.8 Å². The molecule has 0 saturated heterocycles. The first-order chi connectivity index (χ1) is 12.9. The van der Waals surface area contributed by atoms with Crippen molar-refractivity contribution in [3.63, 3.8) is 0 Å². The highest BCUT2D eigenvalue weighted by Gasteiger charge is 2.10. The molecule has 0 bridgehead atoms. The number of hydrogen-bond acceptors (Lipinski definition) is 5. The highest BCUT2D eigenvalue weighted by Crippen LogP contribution is 2.29. The van der Waals surface area contributed by atoms with E-state index in [2.05, 4.69) is 15.8 Å². The molecule has 0 heterocycles. The summed E-state index contributed by atoms with van der Waals surface area (Å²) in [5.41, 5.74) is 5.82. The number of nitrogens with one attached hydrogen (secondary N) is 2. The predicted molar refractivity (Wildman–Crippen MR) is 104 cm³/mol. The zero-order valence-electron chi connectivity index (χ0n) is 15.8. The van der Waals surface area contributed by atoms with Crippen molar-refractivity contribution in [3.05, 3.63) is 53.1 Å². The normalized spacial score (nSPS) is 10.5. The molecule has 7 nitrogen and oxygen atoms in total. The molecule has 0 aliphatic carbocycles. The van der Waals surface area contributed by atoms with Crippen molar-refractivity contribution in [2.45, 2.75) is 20.3 Å². The Morgan fingerprint density at radius 3 is 2.48 bits per heavy atom. The Morgan fingerprint density at radius 2 is 1.81 bits per heavy atom. The monoisotopic (exact) mass is 369 g/mol. The van der Waals surface area contributed by atoms with Crippen molar-refractivity contribution in [3.8, 4) is 11.5 Å². The first kappa shape index (κ1) is 20.0. The average Bonchev–Trinajstić information content (AvgIpc) is 2.64. The van der Waals surface area contributed by atoms with Gasteiger partial charge in [-0.2, -0.15) is 5.10 Å². The standard InChI is InChI=1S/C20H23N3O4/c1-13-8-9-16(10-14(13)2)22-18(24)11-19(25)23-21-12-15-6-5-7-17(26-3)20(15)27-4/h5-10,12H,11H2,1-4H3,(H,22,24)(H,23,25). The second-order valence-electron chi connectivity index (χ2n) is 5.90. The number of carbonyl (C=O) groups is 2. The maximum absolute atomic E-state index is 12.0.